The lowest BCUT2D eigenvalue weighted by molar-refractivity contribution is -0.180. The van der Waals surface area contributed by atoms with Crippen LogP contribution in [0, 0.1) is 5.92 Å². The maximum Gasteiger partial charge on any atom is 0.394 e. The molecule has 4 nitrogen and oxygen atoms in total. The highest BCUT2D eigenvalue weighted by molar-refractivity contribution is 5.82. The Balaban J connectivity index is 1.99. The summed E-state index contributed by atoms with van der Waals surface area (Å²) in [6.07, 6.45) is -4.95. The van der Waals surface area contributed by atoms with E-state index >= 15 is 0 Å². The Hall–Kier alpha value is -0.820. The minimum atomic E-state index is -4.27. The summed E-state index contributed by atoms with van der Waals surface area (Å²) in [7, 11) is 0. The predicted molar refractivity (Wildman–Crippen MR) is 49.9 cm³/mol. The van der Waals surface area contributed by atoms with Crippen LogP contribution < -0.4 is 5.73 Å². The fraction of sp³-hybridized carbons (Fsp3) is 0.889. The molecule has 2 aliphatic heterocycles. The molecule has 16 heavy (non-hydrogen) atoms. The molecule has 0 unspecified atom stereocenters. The molecule has 1 saturated heterocycles. The van der Waals surface area contributed by atoms with Crippen molar-refractivity contribution in [1.82, 2.24) is 0 Å². The third kappa shape index (κ3) is 2.46. The van der Waals surface area contributed by atoms with Crippen molar-refractivity contribution < 1.29 is 22.6 Å². The van der Waals surface area contributed by atoms with Crippen LogP contribution >= 0.6 is 0 Å². The number of ether oxygens (including phenoxy) is 2. The highest BCUT2D eigenvalue weighted by Crippen LogP contribution is 2.38. The van der Waals surface area contributed by atoms with Crippen LogP contribution in [0.1, 0.15) is 12.8 Å². The summed E-state index contributed by atoms with van der Waals surface area (Å²) >= 11 is 0. The quantitative estimate of drug-likeness (QED) is 0.782. The number of rotatable bonds is 2. The van der Waals surface area contributed by atoms with E-state index < -0.39 is 24.4 Å². The van der Waals surface area contributed by atoms with E-state index in [0.717, 1.165) is 0 Å². The van der Waals surface area contributed by atoms with Crippen LogP contribution in [0.25, 0.3) is 0 Å². The van der Waals surface area contributed by atoms with Crippen LogP contribution in [0.4, 0.5) is 13.2 Å². The maximum absolute atomic E-state index is 12.6. The van der Waals surface area contributed by atoms with E-state index in [1.807, 2.05) is 0 Å². The minimum absolute atomic E-state index is 0.0605. The largest absolute Gasteiger partial charge is 0.394 e. The zero-order valence-electron chi connectivity index (χ0n) is 8.54. The summed E-state index contributed by atoms with van der Waals surface area (Å²) in [6, 6.07) is -0.872. The lowest BCUT2D eigenvalue weighted by Crippen LogP contribution is -2.33. The molecule has 0 aromatic heterocycles. The van der Waals surface area contributed by atoms with Gasteiger partial charge in [-0.2, -0.15) is 13.2 Å². The second kappa shape index (κ2) is 4.21. The van der Waals surface area contributed by atoms with E-state index in [0.29, 0.717) is 13.2 Å². The molecule has 2 aliphatic rings. The summed E-state index contributed by atoms with van der Waals surface area (Å²) in [5, 5.41) is 0. The van der Waals surface area contributed by atoms with Crippen molar-refractivity contribution in [3.8, 4) is 0 Å². The van der Waals surface area contributed by atoms with E-state index in [1.54, 1.807) is 0 Å². The highest BCUT2D eigenvalue weighted by Gasteiger charge is 2.48. The molecule has 0 aromatic rings. The third-order valence-corrected chi connectivity index (χ3v) is 2.77. The molecule has 0 radical (unpaired) electrons. The minimum Gasteiger partial charge on any atom is -0.387 e. The summed E-state index contributed by atoms with van der Waals surface area (Å²) in [5.74, 6) is -1.44. The van der Waals surface area contributed by atoms with E-state index in [-0.39, 0.29) is 18.7 Å². The molecule has 2 rings (SSSR count). The number of nitrogens with two attached hydrogens (primary N) is 1. The van der Waals surface area contributed by atoms with Crippen LogP contribution in [-0.4, -0.2) is 37.6 Å². The van der Waals surface area contributed by atoms with Gasteiger partial charge in [0.25, 0.3) is 0 Å². The third-order valence-electron chi connectivity index (χ3n) is 2.77. The molecular weight excluding hydrogens is 225 g/mol. The highest BCUT2D eigenvalue weighted by atomic mass is 19.4. The van der Waals surface area contributed by atoms with E-state index in [2.05, 4.69) is 4.99 Å². The molecule has 0 aromatic carbocycles. The molecule has 0 aliphatic carbocycles. The average Bonchev–Trinajstić information content (AvgIpc) is 2.74. The number of halogens is 3. The Bertz CT molecular complexity index is 287. The van der Waals surface area contributed by atoms with Crippen LogP contribution in [0.5, 0.6) is 0 Å². The second-order valence-electron chi connectivity index (χ2n) is 3.95. The standard InChI is InChI=1S/C9H13F3N2O2/c10-9(11,12)5-3-7(13)14-6(5)4-8-15-1-2-16-8/h5-6,8H,1-4H2,(H2,13,14)/t5-,6-/m1/s1. The maximum atomic E-state index is 12.6. The summed E-state index contributed by atoms with van der Waals surface area (Å²) < 4.78 is 48.2. The first-order chi connectivity index (χ1) is 7.47. The van der Waals surface area contributed by atoms with Crippen LogP contribution in [0.2, 0.25) is 0 Å². The van der Waals surface area contributed by atoms with Crippen molar-refractivity contribution in [2.75, 3.05) is 13.2 Å². The molecule has 2 heterocycles. The van der Waals surface area contributed by atoms with Gasteiger partial charge in [-0.15, -0.1) is 0 Å². The molecule has 0 bridgehead atoms. The van der Waals surface area contributed by atoms with Crippen molar-refractivity contribution in [3.63, 3.8) is 0 Å². The van der Waals surface area contributed by atoms with Gasteiger partial charge in [0.05, 0.1) is 31.0 Å². The number of amidine groups is 1. The molecule has 0 saturated carbocycles. The van der Waals surface area contributed by atoms with Crippen molar-refractivity contribution in [1.29, 1.82) is 0 Å². The topological polar surface area (TPSA) is 56.8 Å². The van der Waals surface area contributed by atoms with Gasteiger partial charge in [-0.05, 0) is 0 Å². The average molecular weight is 238 g/mol. The summed E-state index contributed by atoms with van der Waals surface area (Å²) in [4.78, 5) is 3.81. The first-order valence-electron chi connectivity index (χ1n) is 5.09. The fourth-order valence-corrected chi connectivity index (χ4v) is 2.01. The molecule has 0 amide bonds. The fourth-order valence-electron chi connectivity index (χ4n) is 2.01. The second-order valence-corrected chi connectivity index (χ2v) is 3.95. The van der Waals surface area contributed by atoms with E-state index in [4.69, 9.17) is 15.2 Å². The Labute approximate surface area is 90.6 Å². The van der Waals surface area contributed by atoms with Crippen LogP contribution in [0.15, 0.2) is 4.99 Å². The summed E-state index contributed by atoms with van der Waals surface area (Å²) in [6.45, 7) is 0.848. The Morgan fingerprint density at radius 3 is 2.50 bits per heavy atom. The van der Waals surface area contributed by atoms with Crippen LogP contribution in [-0.2, 0) is 9.47 Å². The van der Waals surface area contributed by atoms with Crippen molar-refractivity contribution >= 4 is 5.84 Å². The van der Waals surface area contributed by atoms with Gasteiger partial charge in [0.2, 0.25) is 0 Å². The molecule has 2 atom stereocenters. The van der Waals surface area contributed by atoms with Gasteiger partial charge in [-0.25, -0.2) is 0 Å². The first kappa shape index (κ1) is 11.7. The van der Waals surface area contributed by atoms with Gasteiger partial charge in [0, 0.05) is 12.8 Å². The summed E-state index contributed by atoms with van der Waals surface area (Å²) in [5.41, 5.74) is 5.35. The van der Waals surface area contributed by atoms with Crippen molar-refractivity contribution in [2.45, 2.75) is 31.3 Å². The number of hydrogen-bond donors (Lipinski definition) is 1. The number of hydrogen-bond acceptors (Lipinski definition) is 4. The van der Waals surface area contributed by atoms with Crippen molar-refractivity contribution in [3.05, 3.63) is 0 Å². The van der Waals surface area contributed by atoms with Gasteiger partial charge < -0.3 is 15.2 Å². The Morgan fingerprint density at radius 1 is 1.31 bits per heavy atom. The monoisotopic (exact) mass is 238 g/mol. The number of aliphatic imine (C=N–C) groups is 1. The van der Waals surface area contributed by atoms with Gasteiger partial charge in [0.15, 0.2) is 6.29 Å². The first-order valence-corrected chi connectivity index (χ1v) is 5.09. The number of nitrogens with zero attached hydrogens (tertiary/aromatic N) is 1. The van der Waals surface area contributed by atoms with Gasteiger partial charge in [-0.3, -0.25) is 4.99 Å². The zero-order chi connectivity index (χ0) is 11.8. The van der Waals surface area contributed by atoms with Gasteiger partial charge >= 0.3 is 6.18 Å². The molecule has 0 spiro atoms. The normalized spacial score (nSPS) is 32.1. The Morgan fingerprint density at radius 2 is 1.94 bits per heavy atom. The number of alkyl halides is 3. The zero-order valence-corrected chi connectivity index (χ0v) is 8.54. The van der Waals surface area contributed by atoms with Gasteiger partial charge in [0.1, 0.15) is 0 Å². The lowest BCUT2D eigenvalue weighted by atomic mass is 9.96. The molecular formula is C9H13F3N2O2. The molecule has 1 fully saturated rings. The Kier molecular flexibility index (Phi) is 3.07. The molecule has 92 valence electrons. The van der Waals surface area contributed by atoms with Crippen LogP contribution in [0.3, 0.4) is 0 Å². The van der Waals surface area contributed by atoms with Crippen molar-refractivity contribution in [2.24, 2.45) is 16.6 Å². The lowest BCUT2D eigenvalue weighted by Gasteiger charge is -2.22. The predicted octanol–water partition coefficient (Wildman–Crippen LogP) is 1.06. The van der Waals surface area contributed by atoms with E-state index in [1.165, 1.54) is 0 Å². The van der Waals surface area contributed by atoms with E-state index in [9.17, 15) is 13.2 Å². The molecule has 7 heteroatoms. The van der Waals surface area contributed by atoms with Gasteiger partial charge in [-0.1, -0.05) is 0 Å². The smallest absolute Gasteiger partial charge is 0.387 e. The molecule has 2 N–H and O–H groups in total. The SMILES string of the molecule is NC1=N[C@H](CC2OCCO2)[C@H](C(F)(F)F)C1.